The Balaban J connectivity index is 1.26. The van der Waals surface area contributed by atoms with Gasteiger partial charge in [-0.15, -0.1) is 0 Å². The Bertz CT molecular complexity index is 910. The lowest BCUT2D eigenvalue weighted by Gasteiger charge is -2.26. The van der Waals surface area contributed by atoms with Crippen molar-refractivity contribution < 1.29 is 4.42 Å². The molecule has 1 saturated heterocycles. The lowest BCUT2D eigenvalue weighted by atomic mass is 10.2. The van der Waals surface area contributed by atoms with Crippen LogP contribution in [0, 0.1) is 0 Å². The molecular formula is C22H30N6O. The predicted octanol–water partition coefficient (Wildman–Crippen LogP) is 3.02. The molecule has 2 N–H and O–H groups in total. The first-order valence-corrected chi connectivity index (χ1v) is 10.5. The van der Waals surface area contributed by atoms with Crippen molar-refractivity contribution in [3.8, 4) is 0 Å². The van der Waals surface area contributed by atoms with Crippen LogP contribution in [-0.4, -0.2) is 53.6 Å². The van der Waals surface area contributed by atoms with Crippen molar-refractivity contribution in [2.45, 2.75) is 31.8 Å². The molecule has 0 bridgehead atoms. The Labute approximate surface area is 171 Å². The standard InChI is InChI=1S/C22H30N6O/c1-23-22(24-11-7-14-28-17-26-18-8-2-3-9-19(18)28)25-16-20(21-10-6-15-29-21)27-12-4-5-13-27/h2-3,6,8-10,15,17,20H,4-5,7,11-14,16H2,1H3,(H2,23,24,25). The van der Waals surface area contributed by atoms with E-state index in [-0.39, 0.29) is 6.04 Å². The first kappa shape index (κ1) is 19.5. The van der Waals surface area contributed by atoms with Crippen molar-refractivity contribution in [2.75, 3.05) is 33.2 Å². The van der Waals surface area contributed by atoms with Gasteiger partial charge in [-0.25, -0.2) is 4.98 Å². The zero-order valence-corrected chi connectivity index (χ0v) is 17.1. The molecule has 0 spiro atoms. The van der Waals surface area contributed by atoms with Crippen LogP contribution in [0.1, 0.15) is 31.1 Å². The summed E-state index contributed by atoms with van der Waals surface area (Å²) in [5.74, 6) is 1.85. The molecule has 1 aliphatic rings. The fraction of sp³-hybridized carbons (Fsp3) is 0.455. The molecule has 0 amide bonds. The number of fused-ring (bicyclic) bond motifs is 1. The minimum atomic E-state index is 0.239. The lowest BCUT2D eigenvalue weighted by Crippen LogP contribution is -2.43. The summed E-state index contributed by atoms with van der Waals surface area (Å²) in [7, 11) is 1.82. The Kier molecular flexibility index (Phi) is 6.46. The van der Waals surface area contributed by atoms with Crippen LogP contribution >= 0.6 is 0 Å². The summed E-state index contributed by atoms with van der Waals surface area (Å²) in [5.41, 5.74) is 2.23. The van der Waals surface area contributed by atoms with E-state index >= 15 is 0 Å². The number of rotatable bonds is 8. The number of furan rings is 1. The van der Waals surface area contributed by atoms with Crippen LogP contribution in [0.2, 0.25) is 0 Å². The molecule has 154 valence electrons. The van der Waals surface area contributed by atoms with Crippen molar-refractivity contribution in [1.82, 2.24) is 25.1 Å². The molecular weight excluding hydrogens is 364 g/mol. The van der Waals surface area contributed by atoms with Crippen molar-refractivity contribution >= 4 is 17.0 Å². The first-order chi connectivity index (χ1) is 14.3. The third-order valence-corrected chi connectivity index (χ3v) is 5.54. The van der Waals surface area contributed by atoms with Gasteiger partial charge in [0.2, 0.25) is 0 Å². The maximum atomic E-state index is 5.70. The molecule has 3 aromatic rings. The summed E-state index contributed by atoms with van der Waals surface area (Å²) in [6, 6.07) is 12.5. The Morgan fingerprint density at radius 2 is 2.03 bits per heavy atom. The van der Waals surface area contributed by atoms with E-state index in [0.717, 1.165) is 56.4 Å². The molecule has 29 heavy (non-hydrogen) atoms. The summed E-state index contributed by atoms with van der Waals surface area (Å²) in [6.07, 6.45) is 7.18. The number of aliphatic imine (C=N–C) groups is 1. The van der Waals surface area contributed by atoms with Crippen LogP contribution in [0.3, 0.4) is 0 Å². The number of nitrogens with one attached hydrogen (secondary N) is 2. The number of guanidine groups is 1. The van der Waals surface area contributed by atoms with Gasteiger partial charge < -0.3 is 19.6 Å². The molecule has 4 rings (SSSR count). The van der Waals surface area contributed by atoms with Gasteiger partial charge in [-0.2, -0.15) is 0 Å². The first-order valence-electron chi connectivity index (χ1n) is 10.5. The number of benzene rings is 1. The predicted molar refractivity (Wildman–Crippen MR) is 116 cm³/mol. The van der Waals surface area contributed by atoms with Gasteiger partial charge >= 0.3 is 0 Å². The topological polar surface area (TPSA) is 70.6 Å². The van der Waals surface area contributed by atoms with Crippen molar-refractivity contribution in [1.29, 1.82) is 0 Å². The number of imidazole rings is 1. The van der Waals surface area contributed by atoms with Crippen molar-refractivity contribution in [3.63, 3.8) is 0 Å². The van der Waals surface area contributed by atoms with Gasteiger partial charge in [-0.3, -0.25) is 9.89 Å². The van der Waals surface area contributed by atoms with E-state index < -0.39 is 0 Å². The summed E-state index contributed by atoms with van der Waals surface area (Å²) in [5, 5.41) is 6.90. The molecule has 7 nitrogen and oxygen atoms in total. The van der Waals surface area contributed by atoms with Gasteiger partial charge in [0, 0.05) is 26.7 Å². The van der Waals surface area contributed by atoms with Crippen LogP contribution in [0.5, 0.6) is 0 Å². The molecule has 1 fully saturated rings. The highest BCUT2D eigenvalue weighted by Crippen LogP contribution is 2.24. The Hall–Kier alpha value is -2.80. The van der Waals surface area contributed by atoms with Gasteiger partial charge in [-0.05, 0) is 56.6 Å². The lowest BCUT2D eigenvalue weighted by molar-refractivity contribution is 0.215. The maximum Gasteiger partial charge on any atom is 0.191 e. The number of hydrogen-bond acceptors (Lipinski definition) is 4. The van der Waals surface area contributed by atoms with Gasteiger partial charge in [0.15, 0.2) is 5.96 Å². The second-order valence-electron chi connectivity index (χ2n) is 7.43. The van der Waals surface area contributed by atoms with Crippen molar-refractivity contribution in [3.05, 3.63) is 54.7 Å². The molecule has 0 radical (unpaired) electrons. The number of aromatic nitrogens is 2. The third-order valence-electron chi connectivity index (χ3n) is 5.54. The highest BCUT2D eigenvalue weighted by atomic mass is 16.3. The molecule has 1 atom stereocenters. The average Bonchev–Trinajstić information content (AvgIpc) is 3.52. The van der Waals surface area contributed by atoms with Crippen LogP contribution < -0.4 is 10.6 Å². The van der Waals surface area contributed by atoms with Gasteiger partial charge in [0.1, 0.15) is 5.76 Å². The zero-order valence-electron chi connectivity index (χ0n) is 17.1. The minimum absolute atomic E-state index is 0.239. The van der Waals surface area contributed by atoms with E-state index in [2.05, 4.69) is 48.3 Å². The Morgan fingerprint density at radius 1 is 1.17 bits per heavy atom. The second kappa shape index (κ2) is 9.60. The molecule has 2 aromatic heterocycles. The molecule has 0 saturated carbocycles. The van der Waals surface area contributed by atoms with E-state index in [0.29, 0.717) is 0 Å². The van der Waals surface area contributed by atoms with E-state index in [9.17, 15) is 0 Å². The molecule has 1 aliphatic heterocycles. The minimum Gasteiger partial charge on any atom is -0.468 e. The smallest absolute Gasteiger partial charge is 0.191 e. The number of aryl methyl sites for hydroxylation is 1. The van der Waals surface area contributed by atoms with Crippen LogP contribution in [-0.2, 0) is 6.54 Å². The van der Waals surface area contributed by atoms with E-state index in [4.69, 9.17) is 4.42 Å². The second-order valence-corrected chi connectivity index (χ2v) is 7.43. The van der Waals surface area contributed by atoms with Crippen LogP contribution in [0.15, 0.2) is 58.4 Å². The summed E-state index contributed by atoms with van der Waals surface area (Å²) in [4.78, 5) is 11.3. The maximum absolute atomic E-state index is 5.70. The summed E-state index contributed by atoms with van der Waals surface area (Å²) < 4.78 is 7.90. The zero-order chi connectivity index (χ0) is 19.9. The highest BCUT2D eigenvalue weighted by Gasteiger charge is 2.25. The van der Waals surface area contributed by atoms with E-state index in [1.54, 1.807) is 6.26 Å². The number of likely N-dealkylation sites (tertiary alicyclic amines) is 1. The van der Waals surface area contributed by atoms with Crippen LogP contribution in [0.25, 0.3) is 11.0 Å². The molecule has 1 aromatic carbocycles. The van der Waals surface area contributed by atoms with E-state index in [1.807, 2.05) is 31.6 Å². The largest absolute Gasteiger partial charge is 0.468 e. The van der Waals surface area contributed by atoms with Gasteiger partial charge in [0.05, 0.1) is 29.7 Å². The quantitative estimate of drug-likeness (QED) is 0.349. The van der Waals surface area contributed by atoms with Crippen LogP contribution in [0.4, 0.5) is 0 Å². The number of hydrogen-bond donors (Lipinski definition) is 2. The normalized spacial score (nSPS) is 16.4. The van der Waals surface area contributed by atoms with Crippen molar-refractivity contribution in [2.24, 2.45) is 4.99 Å². The fourth-order valence-electron chi connectivity index (χ4n) is 4.00. The molecule has 1 unspecified atom stereocenters. The SMILES string of the molecule is CN=C(NCCCn1cnc2ccccc21)NCC(c1ccco1)N1CCCC1. The average molecular weight is 395 g/mol. The monoisotopic (exact) mass is 394 g/mol. The summed E-state index contributed by atoms with van der Waals surface area (Å²) >= 11 is 0. The molecule has 0 aliphatic carbocycles. The number of para-hydroxylation sites is 2. The molecule has 7 heteroatoms. The Morgan fingerprint density at radius 3 is 2.83 bits per heavy atom. The third kappa shape index (κ3) is 4.79. The highest BCUT2D eigenvalue weighted by molar-refractivity contribution is 5.79. The summed E-state index contributed by atoms with van der Waals surface area (Å²) in [6.45, 7) is 4.80. The van der Waals surface area contributed by atoms with Gasteiger partial charge in [0.25, 0.3) is 0 Å². The van der Waals surface area contributed by atoms with E-state index in [1.165, 1.54) is 18.4 Å². The van der Waals surface area contributed by atoms with Gasteiger partial charge in [-0.1, -0.05) is 12.1 Å². The number of nitrogens with zero attached hydrogens (tertiary/aromatic N) is 4. The molecule has 3 heterocycles. The fourth-order valence-corrected chi connectivity index (χ4v) is 4.00.